The molecule has 0 saturated heterocycles. The van der Waals surface area contributed by atoms with Crippen LogP contribution in [-0.2, 0) is 6.54 Å². The van der Waals surface area contributed by atoms with Gasteiger partial charge in [-0.25, -0.2) is 0 Å². The van der Waals surface area contributed by atoms with Crippen LogP contribution in [-0.4, -0.2) is 31.6 Å². The SMILES string of the molecule is COc1ccc(CNCC(C)CCO)cc1SC. The molecule has 1 aromatic rings. The summed E-state index contributed by atoms with van der Waals surface area (Å²) in [7, 11) is 1.70. The van der Waals surface area contributed by atoms with Crippen LogP contribution < -0.4 is 10.1 Å². The second-order valence-electron chi connectivity index (χ2n) is 4.44. The highest BCUT2D eigenvalue weighted by atomic mass is 32.2. The van der Waals surface area contributed by atoms with E-state index in [0.29, 0.717) is 5.92 Å². The maximum absolute atomic E-state index is 8.83. The standard InChI is InChI=1S/C14H23NO2S/c1-11(6-7-16)9-15-10-12-4-5-13(17-2)14(8-12)18-3/h4-5,8,11,15-16H,6-7,9-10H2,1-3H3. The van der Waals surface area contributed by atoms with Gasteiger partial charge in [-0.15, -0.1) is 11.8 Å². The molecule has 0 radical (unpaired) electrons. The Bertz CT molecular complexity index is 358. The second-order valence-corrected chi connectivity index (χ2v) is 5.29. The normalized spacial score (nSPS) is 12.4. The van der Waals surface area contributed by atoms with Crippen LogP contribution in [0.2, 0.25) is 0 Å². The Morgan fingerprint density at radius 3 is 2.83 bits per heavy atom. The Kier molecular flexibility index (Phi) is 7.16. The van der Waals surface area contributed by atoms with Gasteiger partial charge in [0.25, 0.3) is 0 Å². The molecule has 4 heteroatoms. The lowest BCUT2D eigenvalue weighted by Gasteiger charge is -2.12. The highest BCUT2D eigenvalue weighted by molar-refractivity contribution is 7.98. The molecule has 0 bridgehead atoms. The van der Waals surface area contributed by atoms with Gasteiger partial charge in [-0.1, -0.05) is 13.0 Å². The average molecular weight is 269 g/mol. The molecule has 2 N–H and O–H groups in total. The van der Waals surface area contributed by atoms with Crippen LogP contribution in [0.3, 0.4) is 0 Å². The molecule has 18 heavy (non-hydrogen) atoms. The molecule has 1 atom stereocenters. The van der Waals surface area contributed by atoms with E-state index in [1.54, 1.807) is 18.9 Å². The maximum atomic E-state index is 8.83. The van der Waals surface area contributed by atoms with Crippen LogP contribution in [0.15, 0.2) is 23.1 Å². The summed E-state index contributed by atoms with van der Waals surface area (Å²) in [5, 5.41) is 12.2. The number of benzene rings is 1. The van der Waals surface area contributed by atoms with E-state index >= 15 is 0 Å². The van der Waals surface area contributed by atoms with Gasteiger partial charge in [-0.05, 0) is 42.8 Å². The monoisotopic (exact) mass is 269 g/mol. The quantitative estimate of drug-likeness (QED) is 0.712. The Balaban J connectivity index is 2.47. The second kappa shape index (κ2) is 8.40. The third kappa shape index (κ3) is 4.88. The van der Waals surface area contributed by atoms with Crippen molar-refractivity contribution < 1.29 is 9.84 Å². The first-order valence-corrected chi connectivity index (χ1v) is 7.46. The maximum Gasteiger partial charge on any atom is 0.132 e. The van der Waals surface area contributed by atoms with Crippen molar-refractivity contribution in [1.29, 1.82) is 0 Å². The largest absolute Gasteiger partial charge is 0.496 e. The number of methoxy groups -OCH3 is 1. The van der Waals surface area contributed by atoms with E-state index in [0.717, 1.165) is 25.3 Å². The Morgan fingerprint density at radius 2 is 2.22 bits per heavy atom. The summed E-state index contributed by atoms with van der Waals surface area (Å²) in [6, 6.07) is 6.26. The number of aliphatic hydroxyl groups excluding tert-OH is 1. The third-order valence-corrected chi connectivity index (χ3v) is 3.65. The van der Waals surface area contributed by atoms with Gasteiger partial charge in [0.05, 0.1) is 7.11 Å². The molecule has 0 fully saturated rings. The lowest BCUT2D eigenvalue weighted by atomic mass is 10.1. The van der Waals surface area contributed by atoms with Crippen LogP contribution in [0.5, 0.6) is 5.75 Å². The van der Waals surface area contributed by atoms with E-state index in [1.165, 1.54) is 10.5 Å². The minimum atomic E-state index is 0.266. The number of aliphatic hydroxyl groups is 1. The molecular weight excluding hydrogens is 246 g/mol. The van der Waals surface area contributed by atoms with Gasteiger partial charge in [-0.2, -0.15) is 0 Å². The summed E-state index contributed by atoms with van der Waals surface area (Å²) in [4.78, 5) is 1.17. The fourth-order valence-corrected chi connectivity index (χ4v) is 2.40. The van der Waals surface area contributed by atoms with Crippen LogP contribution in [0.4, 0.5) is 0 Å². The first-order chi connectivity index (χ1) is 8.71. The van der Waals surface area contributed by atoms with Crippen LogP contribution in [0, 0.1) is 5.92 Å². The number of hydrogen-bond acceptors (Lipinski definition) is 4. The van der Waals surface area contributed by atoms with Gasteiger partial charge in [0.1, 0.15) is 5.75 Å². The smallest absolute Gasteiger partial charge is 0.132 e. The number of ether oxygens (including phenoxy) is 1. The summed E-state index contributed by atoms with van der Waals surface area (Å²) < 4.78 is 5.30. The molecule has 3 nitrogen and oxygen atoms in total. The molecule has 1 unspecified atom stereocenters. The Labute approximate surface area is 114 Å². The highest BCUT2D eigenvalue weighted by Gasteiger charge is 2.04. The summed E-state index contributed by atoms with van der Waals surface area (Å²) in [6.45, 7) is 4.20. The van der Waals surface area contributed by atoms with Crippen molar-refractivity contribution in [2.75, 3.05) is 26.5 Å². The van der Waals surface area contributed by atoms with Crippen molar-refractivity contribution in [2.45, 2.75) is 24.8 Å². The Morgan fingerprint density at radius 1 is 1.44 bits per heavy atom. The van der Waals surface area contributed by atoms with Crippen molar-refractivity contribution >= 4 is 11.8 Å². The van der Waals surface area contributed by atoms with Crippen LogP contribution in [0.25, 0.3) is 0 Å². The number of hydrogen-bond donors (Lipinski definition) is 2. The highest BCUT2D eigenvalue weighted by Crippen LogP contribution is 2.28. The van der Waals surface area contributed by atoms with Crippen LogP contribution in [0.1, 0.15) is 18.9 Å². The van der Waals surface area contributed by atoms with Crippen LogP contribution >= 0.6 is 11.8 Å². The summed E-state index contributed by atoms with van der Waals surface area (Å²) in [5.41, 5.74) is 1.26. The minimum Gasteiger partial charge on any atom is -0.496 e. The van der Waals surface area contributed by atoms with E-state index in [-0.39, 0.29) is 6.61 Å². The number of nitrogens with one attached hydrogen (secondary N) is 1. The summed E-state index contributed by atoms with van der Waals surface area (Å²) in [6.07, 6.45) is 2.91. The minimum absolute atomic E-state index is 0.266. The van der Waals surface area contributed by atoms with Crippen molar-refractivity contribution in [3.8, 4) is 5.75 Å². The fourth-order valence-electron chi connectivity index (χ4n) is 1.78. The molecule has 1 rings (SSSR count). The topological polar surface area (TPSA) is 41.5 Å². The molecule has 102 valence electrons. The van der Waals surface area contributed by atoms with Gasteiger partial charge < -0.3 is 15.2 Å². The predicted octanol–water partition coefficient (Wildman–Crippen LogP) is 2.53. The lowest BCUT2D eigenvalue weighted by molar-refractivity contribution is 0.260. The van der Waals surface area contributed by atoms with Gasteiger partial charge in [-0.3, -0.25) is 0 Å². The summed E-state index contributed by atoms with van der Waals surface area (Å²) in [5.74, 6) is 1.44. The lowest BCUT2D eigenvalue weighted by Crippen LogP contribution is -2.21. The van der Waals surface area contributed by atoms with Gasteiger partial charge in [0.15, 0.2) is 0 Å². The molecule has 0 aliphatic heterocycles. The number of thioether (sulfide) groups is 1. The first-order valence-electron chi connectivity index (χ1n) is 6.23. The fraction of sp³-hybridized carbons (Fsp3) is 0.571. The predicted molar refractivity (Wildman–Crippen MR) is 77.3 cm³/mol. The van der Waals surface area contributed by atoms with Crippen molar-refractivity contribution in [1.82, 2.24) is 5.32 Å². The Hall–Kier alpha value is -0.710. The molecule has 0 amide bonds. The van der Waals surface area contributed by atoms with Gasteiger partial charge in [0, 0.05) is 18.0 Å². The third-order valence-electron chi connectivity index (χ3n) is 2.89. The molecule has 0 aromatic heterocycles. The molecule has 1 aromatic carbocycles. The van der Waals surface area contributed by atoms with Crippen molar-refractivity contribution in [3.05, 3.63) is 23.8 Å². The zero-order valence-electron chi connectivity index (χ0n) is 11.4. The molecule has 0 spiro atoms. The average Bonchev–Trinajstić information content (AvgIpc) is 2.38. The van der Waals surface area contributed by atoms with Crippen molar-refractivity contribution in [3.63, 3.8) is 0 Å². The molecule has 0 aliphatic rings. The zero-order valence-corrected chi connectivity index (χ0v) is 12.2. The first kappa shape index (κ1) is 15.3. The molecular formula is C14H23NO2S. The van der Waals surface area contributed by atoms with E-state index in [1.807, 2.05) is 6.07 Å². The van der Waals surface area contributed by atoms with Gasteiger partial charge in [0.2, 0.25) is 0 Å². The molecule has 0 heterocycles. The van der Waals surface area contributed by atoms with Crippen molar-refractivity contribution in [2.24, 2.45) is 5.92 Å². The van der Waals surface area contributed by atoms with E-state index in [2.05, 4.69) is 30.6 Å². The van der Waals surface area contributed by atoms with Gasteiger partial charge >= 0.3 is 0 Å². The zero-order chi connectivity index (χ0) is 13.4. The summed E-state index contributed by atoms with van der Waals surface area (Å²) >= 11 is 1.70. The number of rotatable bonds is 8. The van der Waals surface area contributed by atoms with E-state index in [9.17, 15) is 0 Å². The molecule has 0 saturated carbocycles. The van der Waals surface area contributed by atoms with E-state index < -0.39 is 0 Å². The van der Waals surface area contributed by atoms with E-state index in [4.69, 9.17) is 9.84 Å². The molecule has 0 aliphatic carbocycles.